The molecular formula is C35H63N2O3+. The Morgan fingerprint density at radius 2 is 1.23 bits per heavy atom. The normalized spacial score (nSPS) is 13.1. The first-order chi connectivity index (χ1) is 19.7. The molecule has 1 amide bonds. The summed E-state index contributed by atoms with van der Waals surface area (Å²) in [4.78, 5) is 12.3. The summed E-state index contributed by atoms with van der Waals surface area (Å²) in [5, 5.41) is 22.8. The summed E-state index contributed by atoms with van der Waals surface area (Å²) in [6, 6.07) is 5.59. The molecule has 0 aromatic carbocycles. The van der Waals surface area contributed by atoms with Crippen LogP contribution in [0.4, 0.5) is 0 Å². The van der Waals surface area contributed by atoms with E-state index in [-0.39, 0.29) is 12.5 Å². The van der Waals surface area contributed by atoms with Gasteiger partial charge in [-0.05, 0) is 25.7 Å². The van der Waals surface area contributed by atoms with Crippen LogP contribution in [0.5, 0.6) is 0 Å². The lowest BCUT2D eigenvalue weighted by atomic mass is 10.0. The minimum Gasteiger partial charge on any atom is -0.394 e. The number of aliphatic hydroxyl groups excluding tert-OH is 2. The quantitative estimate of drug-likeness (QED) is 0.0554. The van der Waals surface area contributed by atoms with Gasteiger partial charge in [0, 0.05) is 25.0 Å². The van der Waals surface area contributed by atoms with Crippen molar-refractivity contribution in [1.82, 2.24) is 5.32 Å². The maximum Gasteiger partial charge on any atom is 0.220 e. The number of rotatable bonds is 28. The lowest BCUT2D eigenvalue weighted by Gasteiger charge is -2.20. The number of hydrogen-bond donors (Lipinski definition) is 3. The largest absolute Gasteiger partial charge is 0.394 e. The zero-order valence-corrected chi connectivity index (χ0v) is 25.9. The molecule has 0 spiro atoms. The van der Waals surface area contributed by atoms with Crippen LogP contribution < -0.4 is 9.88 Å². The lowest BCUT2D eigenvalue weighted by Crippen LogP contribution is -2.45. The number of carbonyl (C=O) groups excluding carboxylic acids is 1. The highest BCUT2D eigenvalue weighted by Gasteiger charge is 2.17. The molecule has 5 heteroatoms. The molecule has 1 rings (SSSR count). The third-order valence-corrected chi connectivity index (χ3v) is 7.86. The molecule has 0 aliphatic heterocycles. The van der Waals surface area contributed by atoms with Crippen LogP contribution in [0.1, 0.15) is 148 Å². The topological polar surface area (TPSA) is 73.4 Å². The van der Waals surface area contributed by atoms with Crippen LogP contribution >= 0.6 is 0 Å². The molecule has 3 N–H and O–H groups in total. The molecule has 1 aromatic heterocycles. The number of amides is 1. The molecule has 0 saturated carbocycles. The van der Waals surface area contributed by atoms with Crippen LogP contribution in [0.25, 0.3) is 0 Å². The van der Waals surface area contributed by atoms with Gasteiger partial charge in [-0.15, -0.1) is 0 Å². The van der Waals surface area contributed by atoms with Gasteiger partial charge in [-0.25, -0.2) is 4.57 Å². The molecule has 0 aliphatic carbocycles. The molecule has 0 saturated heterocycles. The highest BCUT2D eigenvalue weighted by Crippen LogP contribution is 2.13. The monoisotopic (exact) mass is 559 g/mol. The Morgan fingerprint density at radius 1 is 0.725 bits per heavy atom. The number of unbranched alkanes of at least 4 members (excludes halogenated alkanes) is 19. The fourth-order valence-electron chi connectivity index (χ4n) is 5.21. The van der Waals surface area contributed by atoms with Crippen LogP contribution in [-0.4, -0.2) is 34.9 Å². The van der Waals surface area contributed by atoms with E-state index in [9.17, 15) is 15.0 Å². The minimum atomic E-state index is -0.840. The Hall–Kier alpha value is -1.72. The number of hydrogen-bond acceptors (Lipinski definition) is 3. The summed E-state index contributed by atoms with van der Waals surface area (Å²) in [5.74, 6) is -0.0758. The van der Waals surface area contributed by atoms with E-state index >= 15 is 0 Å². The average Bonchev–Trinajstić information content (AvgIpc) is 2.97. The van der Waals surface area contributed by atoms with Crippen LogP contribution in [0.2, 0.25) is 0 Å². The summed E-state index contributed by atoms with van der Waals surface area (Å²) < 4.78 is 2.25. The molecule has 230 valence electrons. The number of aliphatic hydroxyl groups is 2. The minimum absolute atomic E-state index is 0.0758. The SMILES string of the molecule is CCCCCCCCCCCCC/C=C/[C@@H](O)[C@H](CO)NC(=O)CCCCCCCCCCC[n+]1ccccc1. The van der Waals surface area contributed by atoms with E-state index in [2.05, 4.69) is 47.4 Å². The summed E-state index contributed by atoms with van der Waals surface area (Å²) in [5.41, 5.74) is 0. The molecule has 5 nitrogen and oxygen atoms in total. The zero-order chi connectivity index (χ0) is 28.9. The molecule has 0 fully saturated rings. The van der Waals surface area contributed by atoms with E-state index in [0.29, 0.717) is 6.42 Å². The summed E-state index contributed by atoms with van der Waals surface area (Å²) in [7, 11) is 0. The van der Waals surface area contributed by atoms with Crippen molar-refractivity contribution in [3.63, 3.8) is 0 Å². The van der Waals surface area contributed by atoms with Gasteiger partial charge in [0.25, 0.3) is 0 Å². The zero-order valence-electron chi connectivity index (χ0n) is 25.9. The lowest BCUT2D eigenvalue weighted by molar-refractivity contribution is -0.697. The van der Waals surface area contributed by atoms with Crippen LogP contribution in [0, 0.1) is 0 Å². The molecule has 0 unspecified atom stereocenters. The van der Waals surface area contributed by atoms with Crippen molar-refractivity contribution in [2.45, 2.75) is 167 Å². The first kappa shape index (κ1) is 36.3. The Bertz CT molecular complexity index is 710. The van der Waals surface area contributed by atoms with Crippen molar-refractivity contribution in [3.05, 3.63) is 42.7 Å². The van der Waals surface area contributed by atoms with E-state index in [0.717, 1.165) is 32.2 Å². The van der Waals surface area contributed by atoms with E-state index in [1.165, 1.54) is 109 Å². The van der Waals surface area contributed by atoms with Gasteiger partial charge in [-0.1, -0.05) is 128 Å². The maximum absolute atomic E-state index is 12.3. The van der Waals surface area contributed by atoms with Crippen LogP contribution in [0.3, 0.4) is 0 Å². The third-order valence-electron chi connectivity index (χ3n) is 7.86. The second-order valence-corrected chi connectivity index (χ2v) is 11.6. The van der Waals surface area contributed by atoms with Crippen molar-refractivity contribution < 1.29 is 19.6 Å². The van der Waals surface area contributed by atoms with Crippen molar-refractivity contribution in [1.29, 1.82) is 0 Å². The Labute approximate surface area is 246 Å². The van der Waals surface area contributed by atoms with E-state index < -0.39 is 12.1 Å². The molecule has 0 radical (unpaired) electrons. The van der Waals surface area contributed by atoms with Crippen molar-refractivity contribution >= 4 is 5.91 Å². The van der Waals surface area contributed by atoms with Crippen LogP contribution in [-0.2, 0) is 11.3 Å². The maximum atomic E-state index is 12.3. The number of aromatic nitrogens is 1. The van der Waals surface area contributed by atoms with Gasteiger partial charge in [-0.2, -0.15) is 0 Å². The van der Waals surface area contributed by atoms with Gasteiger partial charge in [0.05, 0.1) is 18.8 Å². The Balaban J connectivity index is 1.94. The summed E-state index contributed by atoms with van der Waals surface area (Å²) in [6.07, 6.45) is 33.8. The third kappa shape index (κ3) is 22.0. The van der Waals surface area contributed by atoms with Gasteiger partial charge in [0.2, 0.25) is 5.91 Å². The van der Waals surface area contributed by atoms with Gasteiger partial charge >= 0.3 is 0 Å². The van der Waals surface area contributed by atoms with E-state index in [4.69, 9.17) is 0 Å². The van der Waals surface area contributed by atoms with Gasteiger partial charge in [0.1, 0.15) is 6.54 Å². The number of aryl methyl sites for hydroxylation is 1. The fraction of sp³-hybridized carbons (Fsp3) is 0.771. The number of nitrogens with one attached hydrogen (secondary N) is 1. The first-order valence-electron chi connectivity index (χ1n) is 16.9. The molecule has 1 heterocycles. The second kappa shape index (κ2) is 27.4. The predicted molar refractivity (Wildman–Crippen MR) is 168 cm³/mol. The van der Waals surface area contributed by atoms with Crippen molar-refractivity contribution in [2.24, 2.45) is 0 Å². The smallest absolute Gasteiger partial charge is 0.220 e. The highest BCUT2D eigenvalue weighted by molar-refractivity contribution is 5.76. The standard InChI is InChI=1S/C35H62N2O3/c1-2-3-4-5-6-7-8-9-10-12-15-18-22-27-34(39)33(32-38)36-35(40)28-23-19-16-13-11-14-17-20-24-29-37-30-25-21-26-31-37/h21-22,25-27,30-31,33-34,38-39H,2-20,23-24,28-29,32H2,1H3/p+1/b27-22+/t33-,34+/m0/s1. The number of pyridine rings is 1. The number of allylic oxidation sites excluding steroid dienone is 1. The Kier molecular flexibility index (Phi) is 24.9. The number of nitrogens with zero attached hydrogens (tertiary/aromatic N) is 1. The second-order valence-electron chi connectivity index (χ2n) is 11.6. The number of carbonyl (C=O) groups is 1. The van der Waals surface area contributed by atoms with Gasteiger partial charge in [-0.3, -0.25) is 4.79 Å². The Morgan fingerprint density at radius 3 is 1.77 bits per heavy atom. The highest BCUT2D eigenvalue weighted by atomic mass is 16.3. The molecule has 2 atom stereocenters. The summed E-state index contributed by atoms with van der Waals surface area (Å²) in [6.45, 7) is 3.12. The molecule has 0 aliphatic rings. The predicted octanol–water partition coefficient (Wildman–Crippen LogP) is 7.97. The van der Waals surface area contributed by atoms with Crippen molar-refractivity contribution in [3.8, 4) is 0 Å². The van der Waals surface area contributed by atoms with E-state index in [1.807, 2.05) is 6.08 Å². The van der Waals surface area contributed by atoms with E-state index in [1.54, 1.807) is 6.08 Å². The molecule has 0 bridgehead atoms. The molecule has 1 aromatic rings. The molecule has 40 heavy (non-hydrogen) atoms. The first-order valence-corrected chi connectivity index (χ1v) is 16.9. The molecular weight excluding hydrogens is 496 g/mol. The van der Waals surface area contributed by atoms with Crippen molar-refractivity contribution in [2.75, 3.05) is 6.61 Å². The van der Waals surface area contributed by atoms with Crippen LogP contribution in [0.15, 0.2) is 42.7 Å². The fourth-order valence-corrected chi connectivity index (χ4v) is 5.21. The average molecular weight is 560 g/mol. The summed E-state index contributed by atoms with van der Waals surface area (Å²) >= 11 is 0. The van der Waals surface area contributed by atoms with Gasteiger partial charge in [0.15, 0.2) is 12.4 Å². The van der Waals surface area contributed by atoms with Gasteiger partial charge < -0.3 is 15.5 Å².